The standard InChI is InChI=1S/C15H17N4O3/c1-21-10-2-3-11-12(8-10)18-14(9-17-11)22-7-6-19-5-4-13(19)15(16)20/h2-4,8-9,13H,5-7H2,1H3,(H2,16,20). The molecule has 7 heteroatoms. The zero-order valence-corrected chi connectivity index (χ0v) is 12.2. The SMILES string of the molecule is COc1ccc2ncc(OCCN3C[CH]C3C(N)=O)nc2c1. The van der Waals surface area contributed by atoms with Crippen molar-refractivity contribution < 1.29 is 14.3 Å². The molecule has 1 unspecified atom stereocenters. The van der Waals surface area contributed by atoms with Crippen LogP contribution >= 0.6 is 0 Å². The summed E-state index contributed by atoms with van der Waals surface area (Å²) >= 11 is 0. The van der Waals surface area contributed by atoms with Crippen molar-refractivity contribution in [2.75, 3.05) is 26.8 Å². The molecule has 1 fully saturated rings. The number of carbonyl (C=O) groups excluding carboxylic acids is 1. The van der Waals surface area contributed by atoms with Gasteiger partial charge >= 0.3 is 0 Å². The lowest BCUT2D eigenvalue weighted by Crippen LogP contribution is -2.56. The van der Waals surface area contributed by atoms with Crippen LogP contribution in [0.1, 0.15) is 0 Å². The molecule has 2 N–H and O–H groups in total. The molecule has 0 bridgehead atoms. The van der Waals surface area contributed by atoms with E-state index in [2.05, 4.69) is 9.97 Å². The van der Waals surface area contributed by atoms with E-state index >= 15 is 0 Å². The van der Waals surface area contributed by atoms with Gasteiger partial charge in [-0.15, -0.1) is 0 Å². The molecule has 0 aliphatic carbocycles. The first kappa shape index (κ1) is 14.5. The topological polar surface area (TPSA) is 90.6 Å². The fourth-order valence-electron chi connectivity index (χ4n) is 2.32. The molecule has 1 amide bonds. The van der Waals surface area contributed by atoms with Crippen LogP contribution in [0.2, 0.25) is 0 Å². The zero-order chi connectivity index (χ0) is 15.5. The van der Waals surface area contributed by atoms with Crippen LogP contribution in [-0.2, 0) is 4.79 Å². The van der Waals surface area contributed by atoms with Gasteiger partial charge in [0.2, 0.25) is 11.8 Å². The minimum atomic E-state index is -0.330. The fraction of sp³-hybridized carbons (Fsp3) is 0.333. The van der Waals surface area contributed by atoms with Crippen molar-refractivity contribution >= 4 is 16.9 Å². The van der Waals surface area contributed by atoms with Gasteiger partial charge in [0.25, 0.3) is 0 Å². The predicted octanol–water partition coefficient (Wildman–Crippen LogP) is 0.391. The van der Waals surface area contributed by atoms with E-state index in [0.29, 0.717) is 24.5 Å². The van der Waals surface area contributed by atoms with E-state index in [1.807, 2.05) is 29.5 Å². The van der Waals surface area contributed by atoms with Gasteiger partial charge in [-0.05, 0) is 12.1 Å². The molecule has 1 atom stereocenters. The van der Waals surface area contributed by atoms with Gasteiger partial charge in [-0.3, -0.25) is 9.69 Å². The summed E-state index contributed by atoms with van der Waals surface area (Å²) in [5, 5.41) is 0. The smallest absolute Gasteiger partial charge is 0.235 e. The molecule has 1 aliphatic heterocycles. The van der Waals surface area contributed by atoms with Crippen LogP contribution in [0.4, 0.5) is 0 Å². The second kappa shape index (κ2) is 6.15. The molecule has 1 aromatic carbocycles. The molecule has 3 rings (SSSR count). The highest BCUT2D eigenvalue weighted by Gasteiger charge is 2.32. The predicted molar refractivity (Wildman–Crippen MR) is 80.4 cm³/mol. The van der Waals surface area contributed by atoms with E-state index in [4.69, 9.17) is 15.2 Å². The number of likely N-dealkylation sites (tertiary alicyclic amines) is 1. The number of aromatic nitrogens is 2. The summed E-state index contributed by atoms with van der Waals surface area (Å²) in [5.41, 5.74) is 6.76. The van der Waals surface area contributed by atoms with Gasteiger partial charge in [-0.25, -0.2) is 9.97 Å². The first-order chi connectivity index (χ1) is 10.7. The zero-order valence-electron chi connectivity index (χ0n) is 12.2. The van der Waals surface area contributed by atoms with E-state index in [0.717, 1.165) is 17.8 Å². The average molecular weight is 301 g/mol. The van der Waals surface area contributed by atoms with Gasteiger partial charge in [-0.1, -0.05) is 0 Å². The summed E-state index contributed by atoms with van der Waals surface area (Å²) in [7, 11) is 1.61. The van der Waals surface area contributed by atoms with Crippen molar-refractivity contribution in [2.24, 2.45) is 5.73 Å². The highest BCUT2D eigenvalue weighted by atomic mass is 16.5. The van der Waals surface area contributed by atoms with E-state index in [1.54, 1.807) is 13.3 Å². The Balaban J connectivity index is 1.60. The number of rotatable bonds is 6. The lowest BCUT2D eigenvalue weighted by atomic mass is 10.0. The Morgan fingerprint density at radius 2 is 2.32 bits per heavy atom. The molecule has 0 spiro atoms. The maximum Gasteiger partial charge on any atom is 0.235 e. The third-order valence-electron chi connectivity index (χ3n) is 3.60. The van der Waals surface area contributed by atoms with Crippen LogP contribution in [0.15, 0.2) is 24.4 Å². The molecular formula is C15H17N4O3. The quantitative estimate of drug-likeness (QED) is 0.830. The van der Waals surface area contributed by atoms with Gasteiger partial charge in [-0.2, -0.15) is 0 Å². The molecule has 22 heavy (non-hydrogen) atoms. The Bertz CT molecular complexity index is 692. The maximum atomic E-state index is 11.1. The van der Waals surface area contributed by atoms with Crippen LogP contribution in [0.3, 0.4) is 0 Å². The lowest BCUT2D eigenvalue weighted by Gasteiger charge is -2.38. The molecular weight excluding hydrogens is 284 g/mol. The number of hydrogen-bond donors (Lipinski definition) is 1. The number of fused-ring (bicyclic) bond motifs is 1. The van der Waals surface area contributed by atoms with E-state index in [1.165, 1.54) is 0 Å². The number of amides is 1. The van der Waals surface area contributed by atoms with Gasteiger partial charge in [0.15, 0.2) is 0 Å². The monoisotopic (exact) mass is 301 g/mol. The second-order valence-electron chi connectivity index (χ2n) is 4.99. The van der Waals surface area contributed by atoms with E-state index in [9.17, 15) is 4.79 Å². The molecule has 1 radical (unpaired) electrons. The van der Waals surface area contributed by atoms with Gasteiger partial charge in [0, 0.05) is 25.6 Å². The Kier molecular flexibility index (Phi) is 4.06. The van der Waals surface area contributed by atoms with Crippen molar-refractivity contribution in [3.63, 3.8) is 0 Å². The number of hydrogen-bond acceptors (Lipinski definition) is 6. The van der Waals surface area contributed by atoms with Crippen molar-refractivity contribution in [3.8, 4) is 11.6 Å². The van der Waals surface area contributed by atoms with E-state index < -0.39 is 0 Å². The summed E-state index contributed by atoms with van der Waals surface area (Å²) in [6.07, 6.45) is 3.47. The number of nitrogens with two attached hydrogens (primary N) is 1. The molecule has 1 aromatic heterocycles. The van der Waals surface area contributed by atoms with Gasteiger partial charge in [0.1, 0.15) is 12.4 Å². The summed E-state index contributed by atoms with van der Waals surface area (Å²) in [6.45, 7) is 1.78. The molecule has 1 saturated heterocycles. The third kappa shape index (κ3) is 2.94. The molecule has 2 aromatic rings. The average Bonchev–Trinajstić information content (AvgIpc) is 2.49. The first-order valence-corrected chi connectivity index (χ1v) is 6.97. The number of primary amides is 1. The Hall–Kier alpha value is -2.41. The van der Waals surface area contributed by atoms with Crippen molar-refractivity contribution in [3.05, 3.63) is 30.8 Å². The van der Waals surface area contributed by atoms with Crippen LogP contribution in [0, 0.1) is 6.42 Å². The maximum absolute atomic E-state index is 11.1. The summed E-state index contributed by atoms with van der Waals surface area (Å²) < 4.78 is 10.8. The summed E-state index contributed by atoms with van der Waals surface area (Å²) in [5.74, 6) is 0.837. The highest BCUT2D eigenvalue weighted by Crippen LogP contribution is 2.20. The van der Waals surface area contributed by atoms with E-state index in [-0.39, 0.29) is 11.9 Å². The number of nitrogens with zero attached hydrogens (tertiary/aromatic N) is 3. The molecule has 1 aliphatic rings. The first-order valence-electron chi connectivity index (χ1n) is 6.97. The lowest BCUT2D eigenvalue weighted by molar-refractivity contribution is -0.124. The molecule has 115 valence electrons. The van der Waals surface area contributed by atoms with Crippen molar-refractivity contribution in [1.82, 2.24) is 14.9 Å². The number of ether oxygens (including phenoxy) is 2. The number of methoxy groups -OCH3 is 1. The highest BCUT2D eigenvalue weighted by molar-refractivity contribution is 5.82. The van der Waals surface area contributed by atoms with Crippen molar-refractivity contribution in [1.29, 1.82) is 0 Å². The second-order valence-corrected chi connectivity index (χ2v) is 4.99. The Morgan fingerprint density at radius 1 is 1.45 bits per heavy atom. The molecule has 7 nitrogen and oxygen atoms in total. The largest absolute Gasteiger partial charge is 0.497 e. The van der Waals surface area contributed by atoms with Crippen LogP contribution < -0.4 is 15.2 Å². The summed E-state index contributed by atoms with van der Waals surface area (Å²) in [6, 6.07) is 5.21. The minimum Gasteiger partial charge on any atom is -0.497 e. The Labute approximate surface area is 128 Å². The van der Waals surface area contributed by atoms with Gasteiger partial charge in [0.05, 0.1) is 30.4 Å². The normalized spacial score (nSPS) is 18.0. The van der Waals surface area contributed by atoms with Crippen LogP contribution in [-0.4, -0.2) is 53.6 Å². The third-order valence-corrected chi connectivity index (χ3v) is 3.60. The van der Waals surface area contributed by atoms with Crippen LogP contribution in [0.5, 0.6) is 11.6 Å². The summed E-state index contributed by atoms with van der Waals surface area (Å²) in [4.78, 5) is 21.7. The van der Waals surface area contributed by atoms with Gasteiger partial charge < -0.3 is 15.2 Å². The fourth-order valence-corrected chi connectivity index (χ4v) is 2.32. The minimum absolute atomic E-state index is 0.282. The van der Waals surface area contributed by atoms with Crippen LogP contribution in [0.25, 0.3) is 11.0 Å². The number of benzene rings is 1. The Morgan fingerprint density at radius 3 is 3.00 bits per heavy atom. The number of carbonyl (C=O) groups is 1. The van der Waals surface area contributed by atoms with Crippen molar-refractivity contribution in [2.45, 2.75) is 6.04 Å². The molecule has 0 saturated carbocycles. The molecule has 2 heterocycles.